The maximum atomic E-state index is 13.9. The zero-order valence-corrected chi connectivity index (χ0v) is 24.0. The molecule has 43 heavy (non-hydrogen) atoms. The summed E-state index contributed by atoms with van der Waals surface area (Å²) in [7, 11) is 0. The Balaban J connectivity index is 1.49. The fourth-order valence-corrected chi connectivity index (χ4v) is 4.72. The fraction of sp³-hybridized carbons (Fsp3) is 0.0333. The summed E-state index contributed by atoms with van der Waals surface area (Å²) in [5.74, 6) is -9.36. The number of thioether (sulfide) groups is 1. The van der Waals surface area contributed by atoms with E-state index in [2.05, 4.69) is 10.6 Å². The Bertz CT molecular complexity index is 1710. The molecule has 0 bridgehead atoms. The Morgan fingerprint density at radius 2 is 1.47 bits per heavy atom. The van der Waals surface area contributed by atoms with Crippen molar-refractivity contribution in [1.82, 2.24) is 5.32 Å². The topological polar surface area (TPSA) is 87.3 Å². The van der Waals surface area contributed by atoms with Gasteiger partial charge in [0.1, 0.15) is 11.4 Å². The van der Waals surface area contributed by atoms with Crippen LogP contribution in [0.15, 0.2) is 89.5 Å². The van der Waals surface area contributed by atoms with Gasteiger partial charge in [-0.25, -0.2) is 17.6 Å². The molecule has 13 heteroatoms. The summed E-state index contributed by atoms with van der Waals surface area (Å²) in [5, 5.41) is 7.47. The third-order valence-electron chi connectivity index (χ3n) is 5.65. The molecule has 220 valence electrons. The number of rotatable bonds is 9. The van der Waals surface area contributed by atoms with E-state index in [1.165, 1.54) is 12.1 Å². The van der Waals surface area contributed by atoms with E-state index >= 15 is 0 Å². The number of halogens is 6. The van der Waals surface area contributed by atoms with E-state index in [9.17, 15) is 31.9 Å². The van der Waals surface area contributed by atoms with Crippen LogP contribution in [0.3, 0.4) is 0 Å². The van der Waals surface area contributed by atoms with Gasteiger partial charge in [-0.2, -0.15) is 0 Å². The Kier molecular flexibility index (Phi) is 10.5. The van der Waals surface area contributed by atoms with Crippen molar-refractivity contribution in [2.24, 2.45) is 0 Å². The number of amides is 3. The second-order valence-corrected chi connectivity index (χ2v) is 10.5. The quantitative estimate of drug-likeness (QED) is 0.0752. The molecule has 0 aliphatic heterocycles. The van der Waals surface area contributed by atoms with Gasteiger partial charge in [0.25, 0.3) is 11.8 Å². The lowest BCUT2D eigenvalue weighted by Crippen LogP contribution is -2.30. The lowest BCUT2D eigenvalue weighted by Gasteiger charge is -2.13. The molecule has 0 atom stereocenters. The molecule has 0 saturated heterocycles. The van der Waals surface area contributed by atoms with Crippen LogP contribution in [0, 0.1) is 23.3 Å². The van der Waals surface area contributed by atoms with Gasteiger partial charge >= 0.3 is 0 Å². The molecule has 0 unspecified atom stereocenters. The molecule has 4 aromatic rings. The second-order valence-electron chi connectivity index (χ2n) is 8.68. The Morgan fingerprint density at radius 1 is 0.791 bits per heavy atom. The van der Waals surface area contributed by atoms with Gasteiger partial charge in [-0.05, 0) is 48.0 Å². The first-order valence-electron chi connectivity index (χ1n) is 12.2. The number of benzene rings is 4. The molecule has 0 saturated carbocycles. The first-order chi connectivity index (χ1) is 20.5. The first kappa shape index (κ1) is 31.6. The molecular formula is C30H19Cl2F4N3O3S. The summed E-state index contributed by atoms with van der Waals surface area (Å²) < 4.78 is 54.6. The SMILES string of the molecule is O=C(CSc1cccc(NC(=O)/C(=C\c2cccc(Cl)c2Cl)NC(=O)c2ccccc2)c1)Nc1c(F)c(F)cc(F)c1F. The fourth-order valence-electron chi connectivity index (χ4n) is 3.60. The average molecular weight is 648 g/mol. The van der Waals surface area contributed by atoms with Gasteiger partial charge in [0.15, 0.2) is 23.3 Å². The Morgan fingerprint density at radius 3 is 2.16 bits per heavy atom. The average Bonchev–Trinajstić information content (AvgIpc) is 2.99. The summed E-state index contributed by atoms with van der Waals surface area (Å²) in [5.41, 5.74) is -0.441. The number of hydrogen-bond acceptors (Lipinski definition) is 4. The molecule has 0 aromatic heterocycles. The third-order valence-corrected chi connectivity index (χ3v) is 7.48. The summed E-state index contributed by atoms with van der Waals surface area (Å²) in [6.07, 6.45) is 1.36. The van der Waals surface area contributed by atoms with Crippen LogP contribution < -0.4 is 16.0 Å². The molecule has 0 aliphatic rings. The van der Waals surface area contributed by atoms with E-state index in [1.54, 1.807) is 66.7 Å². The van der Waals surface area contributed by atoms with Crippen LogP contribution in [0.4, 0.5) is 28.9 Å². The molecule has 0 radical (unpaired) electrons. The van der Waals surface area contributed by atoms with Crippen molar-refractivity contribution in [3.8, 4) is 0 Å². The lowest BCUT2D eigenvalue weighted by atomic mass is 10.1. The summed E-state index contributed by atoms with van der Waals surface area (Å²) >= 11 is 13.3. The highest BCUT2D eigenvalue weighted by molar-refractivity contribution is 8.00. The number of hydrogen-bond donors (Lipinski definition) is 3. The Labute approximate surface area is 257 Å². The zero-order valence-electron chi connectivity index (χ0n) is 21.7. The molecule has 4 aromatic carbocycles. The van der Waals surface area contributed by atoms with Crippen LogP contribution in [-0.2, 0) is 9.59 Å². The van der Waals surface area contributed by atoms with Crippen molar-refractivity contribution in [2.45, 2.75) is 4.90 Å². The van der Waals surface area contributed by atoms with Crippen LogP contribution in [0.5, 0.6) is 0 Å². The highest BCUT2D eigenvalue weighted by Gasteiger charge is 2.21. The van der Waals surface area contributed by atoms with Gasteiger partial charge < -0.3 is 16.0 Å². The van der Waals surface area contributed by atoms with E-state index in [4.69, 9.17) is 23.2 Å². The van der Waals surface area contributed by atoms with Gasteiger partial charge in [0.2, 0.25) is 5.91 Å². The van der Waals surface area contributed by atoms with Crippen molar-refractivity contribution < 1.29 is 31.9 Å². The molecule has 3 amide bonds. The largest absolute Gasteiger partial charge is 0.321 e. The molecule has 0 spiro atoms. The molecule has 0 heterocycles. The number of nitrogens with one attached hydrogen (secondary N) is 3. The minimum atomic E-state index is -1.73. The van der Waals surface area contributed by atoms with Crippen molar-refractivity contribution in [3.05, 3.63) is 129 Å². The van der Waals surface area contributed by atoms with Crippen molar-refractivity contribution >= 4 is 70.1 Å². The Hall–Kier alpha value is -4.32. The third kappa shape index (κ3) is 8.16. The minimum absolute atomic E-state index is 0.0339. The van der Waals surface area contributed by atoms with E-state index in [0.29, 0.717) is 16.0 Å². The van der Waals surface area contributed by atoms with E-state index in [-0.39, 0.29) is 33.2 Å². The van der Waals surface area contributed by atoms with Gasteiger partial charge in [-0.3, -0.25) is 14.4 Å². The number of anilines is 2. The van der Waals surface area contributed by atoms with E-state index in [0.717, 1.165) is 11.8 Å². The smallest absolute Gasteiger partial charge is 0.272 e. The summed E-state index contributed by atoms with van der Waals surface area (Å²) in [4.78, 5) is 38.9. The van der Waals surface area contributed by atoms with Gasteiger partial charge in [-0.15, -0.1) is 11.8 Å². The van der Waals surface area contributed by atoms with Gasteiger partial charge in [0, 0.05) is 22.2 Å². The minimum Gasteiger partial charge on any atom is -0.321 e. The predicted molar refractivity (Wildman–Crippen MR) is 159 cm³/mol. The molecule has 4 rings (SSSR count). The number of carbonyl (C=O) groups excluding carboxylic acids is 3. The molecule has 3 N–H and O–H groups in total. The summed E-state index contributed by atoms with van der Waals surface area (Å²) in [6.45, 7) is 0. The van der Waals surface area contributed by atoms with Crippen LogP contribution >= 0.6 is 35.0 Å². The highest BCUT2D eigenvalue weighted by Crippen LogP contribution is 2.28. The molecule has 6 nitrogen and oxygen atoms in total. The normalized spacial score (nSPS) is 11.2. The van der Waals surface area contributed by atoms with Crippen molar-refractivity contribution in [3.63, 3.8) is 0 Å². The first-order valence-corrected chi connectivity index (χ1v) is 14.0. The lowest BCUT2D eigenvalue weighted by molar-refractivity contribution is -0.114. The van der Waals surface area contributed by atoms with Crippen LogP contribution in [-0.4, -0.2) is 23.5 Å². The second kappa shape index (κ2) is 14.2. The van der Waals surface area contributed by atoms with E-state index < -0.39 is 46.7 Å². The van der Waals surface area contributed by atoms with Crippen molar-refractivity contribution in [2.75, 3.05) is 16.4 Å². The predicted octanol–water partition coefficient (Wildman–Crippen LogP) is 7.69. The summed E-state index contributed by atoms with van der Waals surface area (Å²) in [6, 6.07) is 19.2. The van der Waals surface area contributed by atoms with Crippen LogP contribution in [0.1, 0.15) is 15.9 Å². The maximum absolute atomic E-state index is 13.9. The monoisotopic (exact) mass is 647 g/mol. The molecule has 0 fully saturated rings. The standard InChI is InChI=1S/C30H19Cl2F4N3O3S/c31-20-11-4-8-17(25(20)32)12-23(38-29(41)16-6-2-1-3-7-16)30(42)37-18-9-5-10-19(13-18)43-15-24(40)39-28-26(35)21(33)14-22(34)27(28)36/h1-14H,15H2,(H,37,42)(H,38,41)(H,39,40)/b23-12+. The van der Waals surface area contributed by atoms with Crippen LogP contribution in [0.25, 0.3) is 6.08 Å². The van der Waals surface area contributed by atoms with E-state index in [1.807, 2.05) is 5.32 Å². The van der Waals surface area contributed by atoms with Crippen molar-refractivity contribution in [1.29, 1.82) is 0 Å². The molecule has 0 aliphatic carbocycles. The number of carbonyl (C=O) groups is 3. The highest BCUT2D eigenvalue weighted by atomic mass is 35.5. The molecular weight excluding hydrogens is 629 g/mol. The zero-order chi connectivity index (χ0) is 31.1. The maximum Gasteiger partial charge on any atom is 0.272 e. The van der Waals surface area contributed by atoms with Gasteiger partial charge in [0.05, 0.1) is 15.8 Å². The van der Waals surface area contributed by atoms with Gasteiger partial charge in [-0.1, -0.05) is 59.6 Å². The van der Waals surface area contributed by atoms with Crippen LogP contribution in [0.2, 0.25) is 10.0 Å².